The molecular formula is C12H20N2O9STc. The van der Waals surface area contributed by atoms with E-state index in [4.69, 9.17) is 23.9 Å². The van der Waals surface area contributed by atoms with E-state index < -0.39 is 23.9 Å². The minimum absolute atomic E-state index is 0.251. The van der Waals surface area contributed by atoms with Crippen molar-refractivity contribution in [1.29, 1.82) is 0 Å². The Bertz CT molecular complexity index is 382. The van der Waals surface area contributed by atoms with Gasteiger partial charge in [-0.1, -0.05) is 0 Å². The molecule has 0 aliphatic carbocycles. The summed E-state index contributed by atoms with van der Waals surface area (Å²) >= 11 is 2.26. The fraction of sp³-hybridized carbons (Fsp3) is 0.667. The Hall–Kier alpha value is -1.40. The molecule has 0 amide bonds. The number of hydrogen-bond acceptors (Lipinski definition) is 8. The summed E-state index contributed by atoms with van der Waals surface area (Å²) in [5, 5.41) is 34.7. The van der Waals surface area contributed by atoms with Crippen LogP contribution >= 0.6 is 11.8 Å². The van der Waals surface area contributed by atoms with Crippen molar-refractivity contribution in [3.05, 3.63) is 0 Å². The zero-order valence-corrected chi connectivity index (χ0v) is 15.8. The molecule has 13 heteroatoms. The number of rotatable bonds is 14. The van der Waals surface area contributed by atoms with Gasteiger partial charge in [-0.25, -0.2) is 0 Å². The topological polar surface area (TPSA) is 173 Å². The first kappa shape index (κ1) is 25.8. The van der Waals surface area contributed by atoms with Crippen LogP contribution in [0.2, 0.25) is 0 Å². The zero-order valence-electron chi connectivity index (χ0n) is 13.2. The Kier molecular flexibility index (Phi) is 16.6. The van der Waals surface area contributed by atoms with Crippen LogP contribution in [0.25, 0.3) is 0 Å². The molecule has 0 aromatic heterocycles. The van der Waals surface area contributed by atoms with Crippen molar-refractivity contribution in [2.45, 2.75) is 0 Å². The Balaban J connectivity index is 0. The Morgan fingerprint density at radius 3 is 1.08 bits per heavy atom. The second kappa shape index (κ2) is 16.1. The van der Waals surface area contributed by atoms with Gasteiger partial charge in [-0.3, -0.25) is 29.0 Å². The molecule has 0 aromatic carbocycles. The number of nitrogens with zero attached hydrogens (tertiary/aromatic N) is 2. The molecule has 145 valence electrons. The fourth-order valence-electron chi connectivity index (χ4n) is 1.68. The van der Waals surface area contributed by atoms with Gasteiger partial charge in [0, 0.05) is 24.6 Å². The van der Waals surface area contributed by atoms with E-state index in [2.05, 4.69) is 0 Å². The number of carboxylic acid groups (broad SMARTS) is 4. The Morgan fingerprint density at radius 1 is 0.640 bits per heavy atom. The fourth-order valence-corrected chi connectivity index (χ4v) is 2.66. The maximum absolute atomic E-state index is 10.6. The normalized spacial score (nSPS) is 10.2. The predicted octanol–water partition coefficient (Wildman–Crippen LogP) is -1.46. The van der Waals surface area contributed by atoms with E-state index in [-0.39, 0.29) is 39.3 Å². The SMILES string of the molecule is O=C(O)CN(CCSCCN(CC(=O)O)CC(=O)O)CC(=O)O.[O]=[99Tc]. The van der Waals surface area contributed by atoms with E-state index in [9.17, 15) is 19.2 Å². The molecule has 0 saturated heterocycles. The summed E-state index contributed by atoms with van der Waals surface area (Å²) in [5.74, 6) is -3.57. The van der Waals surface area contributed by atoms with Crippen molar-refractivity contribution < 1.29 is 62.0 Å². The van der Waals surface area contributed by atoms with Gasteiger partial charge in [-0.05, 0) is 0 Å². The van der Waals surface area contributed by atoms with E-state index in [1.54, 1.807) is 0 Å². The van der Waals surface area contributed by atoms with Gasteiger partial charge in [-0.2, -0.15) is 11.8 Å². The van der Waals surface area contributed by atoms with Crippen LogP contribution in [0.15, 0.2) is 0 Å². The van der Waals surface area contributed by atoms with Gasteiger partial charge in [-0.15, -0.1) is 0 Å². The summed E-state index contributed by atoms with van der Waals surface area (Å²) in [7, 11) is 0. The van der Waals surface area contributed by atoms with Crippen LogP contribution in [-0.4, -0.2) is 105 Å². The quantitative estimate of drug-likeness (QED) is 0.219. The van der Waals surface area contributed by atoms with E-state index in [1.807, 2.05) is 0 Å². The number of aliphatic carboxylic acids is 4. The van der Waals surface area contributed by atoms with Crippen molar-refractivity contribution >= 4 is 35.6 Å². The van der Waals surface area contributed by atoms with Gasteiger partial charge < -0.3 is 20.4 Å². The molecular weight excluding hydrogens is 447 g/mol. The molecule has 0 aliphatic rings. The zero-order chi connectivity index (χ0) is 19.8. The summed E-state index contributed by atoms with van der Waals surface area (Å²) in [4.78, 5) is 45.0. The van der Waals surface area contributed by atoms with Gasteiger partial charge in [0.1, 0.15) is 0 Å². The first-order valence-electron chi connectivity index (χ1n) is 6.75. The van der Waals surface area contributed by atoms with E-state index in [0.29, 0.717) is 11.5 Å². The van der Waals surface area contributed by atoms with E-state index in [1.165, 1.54) is 21.6 Å². The van der Waals surface area contributed by atoms with Crippen LogP contribution < -0.4 is 0 Å². The summed E-state index contributed by atoms with van der Waals surface area (Å²) in [5.41, 5.74) is 0. The number of carboxylic acids is 4. The van der Waals surface area contributed by atoms with E-state index in [0.717, 1.165) is 18.9 Å². The van der Waals surface area contributed by atoms with Crippen LogP contribution in [-0.2, 0) is 41.5 Å². The van der Waals surface area contributed by atoms with Crippen molar-refractivity contribution in [3.63, 3.8) is 0 Å². The molecule has 0 heterocycles. The summed E-state index contributed by atoms with van der Waals surface area (Å²) in [6, 6.07) is 0. The molecule has 0 spiro atoms. The second-order valence-electron chi connectivity index (χ2n) is 4.61. The van der Waals surface area contributed by atoms with Crippen molar-refractivity contribution in [1.82, 2.24) is 9.80 Å². The van der Waals surface area contributed by atoms with Gasteiger partial charge in [0.25, 0.3) is 0 Å². The molecule has 0 rings (SSSR count). The molecule has 0 radical (unpaired) electrons. The Morgan fingerprint density at radius 2 is 0.880 bits per heavy atom. The predicted molar refractivity (Wildman–Crippen MR) is 81.4 cm³/mol. The van der Waals surface area contributed by atoms with Gasteiger partial charge >= 0.3 is 46.2 Å². The average molecular weight is 467 g/mol. The third-order valence-electron chi connectivity index (χ3n) is 2.54. The van der Waals surface area contributed by atoms with E-state index >= 15 is 0 Å². The first-order valence-corrected chi connectivity index (χ1v) is 8.67. The maximum atomic E-state index is 10.6. The molecule has 0 saturated carbocycles. The Labute approximate surface area is 158 Å². The van der Waals surface area contributed by atoms with Crippen LogP contribution in [0.5, 0.6) is 0 Å². The molecule has 0 unspecified atom stereocenters. The van der Waals surface area contributed by atoms with Crippen molar-refractivity contribution in [2.75, 3.05) is 50.8 Å². The molecule has 0 bridgehead atoms. The van der Waals surface area contributed by atoms with Crippen LogP contribution in [0.1, 0.15) is 0 Å². The van der Waals surface area contributed by atoms with Gasteiger partial charge in [0.05, 0.1) is 26.2 Å². The third-order valence-corrected chi connectivity index (χ3v) is 3.48. The summed E-state index contributed by atoms with van der Waals surface area (Å²) in [6.45, 7) is -1.01. The van der Waals surface area contributed by atoms with Gasteiger partial charge in [0.15, 0.2) is 0 Å². The van der Waals surface area contributed by atoms with Crippen molar-refractivity contribution in [3.8, 4) is 0 Å². The number of thioether (sulfide) groups is 1. The molecule has 0 fully saturated rings. The first-order chi connectivity index (χ1) is 11.7. The number of carbonyl (C=O) groups is 4. The number of hydrogen-bond donors (Lipinski definition) is 4. The van der Waals surface area contributed by atoms with Crippen LogP contribution in [0, 0.1) is 0 Å². The monoisotopic (exact) mass is 467 g/mol. The summed E-state index contributed by atoms with van der Waals surface area (Å²) < 4.78 is 8.22. The standard InChI is InChI=1S/C12H20N2O8S.O.Tc/c15-9(16)5-13(6-10(17)18)1-3-23-4-2-14(7-11(19)20)8-12(21)22;;/h1-8H2,(H,15,16)(H,17,18)(H,19,20)(H,21,22);;/i;;1+1. The third kappa shape index (κ3) is 18.8. The average Bonchev–Trinajstić information content (AvgIpc) is 2.46. The molecule has 0 aromatic rings. The van der Waals surface area contributed by atoms with Crippen LogP contribution in [0.4, 0.5) is 0 Å². The molecule has 25 heavy (non-hydrogen) atoms. The summed E-state index contributed by atoms with van der Waals surface area (Å²) in [6.07, 6.45) is 0. The molecule has 0 aliphatic heterocycles. The van der Waals surface area contributed by atoms with Crippen molar-refractivity contribution in [2.24, 2.45) is 0 Å². The van der Waals surface area contributed by atoms with Crippen LogP contribution in [0.3, 0.4) is 0 Å². The minimum atomic E-state index is -1.12. The molecule has 11 nitrogen and oxygen atoms in total. The van der Waals surface area contributed by atoms with Gasteiger partial charge in [0.2, 0.25) is 0 Å². The molecule has 4 N–H and O–H groups in total. The second-order valence-corrected chi connectivity index (χ2v) is 5.83. The molecule has 0 atom stereocenters.